The lowest BCUT2D eigenvalue weighted by Gasteiger charge is -2.22. The van der Waals surface area contributed by atoms with Crippen molar-refractivity contribution in [3.63, 3.8) is 0 Å². The van der Waals surface area contributed by atoms with E-state index >= 15 is 0 Å². The van der Waals surface area contributed by atoms with Crippen molar-refractivity contribution in [3.05, 3.63) is 17.8 Å². The van der Waals surface area contributed by atoms with E-state index in [-0.39, 0.29) is 0 Å². The number of anilines is 2. The Labute approximate surface area is 128 Å². The van der Waals surface area contributed by atoms with Gasteiger partial charge in [-0.1, -0.05) is 18.9 Å². The third kappa shape index (κ3) is 6.01. The van der Waals surface area contributed by atoms with E-state index in [1.807, 2.05) is 6.20 Å². The highest BCUT2D eigenvalue weighted by atomic mass is 32.2. The molecule has 0 aliphatic rings. The fourth-order valence-corrected chi connectivity index (χ4v) is 2.51. The third-order valence-corrected chi connectivity index (χ3v) is 3.93. The van der Waals surface area contributed by atoms with Gasteiger partial charge in [0, 0.05) is 25.5 Å². The van der Waals surface area contributed by atoms with Crippen LogP contribution >= 0.6 is 11.9 Å². The number of hydrogen-bond donors (Lipinski definition) is 1. The quantitative estimate of drug-likeness (QED) is 0.558. The zero-order valence-corrected chi connectivity index (χ0v) is 14.3. The Morgan fingerprint density at radius 1 is 1.25 bits per heavy atom. The van der Waals surface area contributed by atoms with Crippen LogP contribution in [0.1, 0.15) is 25.3 Å². The van der Waals surface area contributed by atoms with E-state index in [4.69, 9.17) is 0 Å². The summed E-state index contributed by atoms with van der Waals surface area (Å²) in [4.78, 5) is 9.04. The van der Waals surface area contributed by atoms with E-state index in [0.29, 0.717) is 0 Å². The number of nitrogens with one attached hydrogen (secondary N) is 1. The number of pyridine rings is 1. The van der Waals surface area contributed by atoms with Gasteiger partial charge in [0.2, 0.25) is 0 Å². The second-order valence-electron chi connectivity index (χ2n) is 5.41. The Bertz CT molecular complexity index is 395. The molecule has 0 saturated heterocycles. The summed E-state index contributed by atoms with van der Waals surface area (Å²) in [6.07, 6.45) is 4.25. The van der Waals surface area contributed by atoms with Gasteiger partial charge in [-0.15, -0.1) is 0 Å². The normalized spacial score (nSPS) is 10.9. The zero-order chi connectivity index (χ0) is 15.0. The third-order valence-electron chi connectivity index (χ3n) is 2.95. The lowest BCUT2D eigenvalue weighted by atomic mass is 10.2. The smallest absolute Gasteiger partial charge is 0.152 e. The SMILES string of the molecule is CCCSNc1cc(C)cnc1N(C)CCCN(C)C. The van der Waals surface area contributed by atoms with E-state index in [1.165, 1.54) is 12.0 Å². The summed E-state index contributed by atoms with van der Waals surface area (Å²) in [7, 11) is 6.33. The van der Waals surface area contributed by atoms with Crippen molar-refractivity contribution in [2.45, 2.75) is 26.7 Å². The molecule has 0 spiro atoms. The molecule has 1 rings (SSSR count). The van der Waals surface area contributed by atoms with Gasteiger partial charge in [0.25, 0.3) is 0 Å². The largest absolute Gasteiger partial charge is 0.358 e. The highest BCUT2D eigenvalue weighted by Crippen LogP contribution is 2.26. The molecular weight excluding hydrogens is 268 g/mol. The van der Waals surface area contributed by atoms with Crippen molar-refractivity contribution in [2.75, 3.05) is 49.6 Å². The van der Waals surface area contributed by atoms with Crippen molar-refractivity contribution in [1.29, 1.82) is 0 Å². The van der Waals surface area contributed by atoms with Crippen molar-refractivity contribution in [2.24, 2.45) is 0 Å². The molecule has 4 nitrogen and oxygen atoms in total. The van der Waals surface area contributed by atoms with Gasteiger partial charge in [0.05, 0.1) is 5.69 Å². The second-order valence-corrected chi connectivity index (χ2v) is 6.31. The first-order chi connectivity index (χ1) is 9.54. The Balaban J connectivity index is 2.66. The minimum Gasteiger partial charge on any atom is -0.358 e. The van der Waals surface area contributed by atoms with Crippen LogP contribution in [0, 0.1) is 6.92 Å². The van der Waals surface area contributed by atoms with Crippen molar-refractivity contribution >= 4 is 23.5 Å². The van der Waals surface area contributed by atoms with E-state index < -0.39 is 0 Å². The van der Waals surface area contributed by atoms with Crippen LogP contribution in [-0.2, 0) is 0 Å². The highest BCUT2D eigenvalue weighted by molar-refractivity contribution is 8.00. The Morgan fingerprint density at radius 3 is 2.65 bits per heavy atom. The Kier molecular flexibility index (Phi) is 7.77. The lowest BCUT2D eigenvalue weighted by Crippen LogP contribution is -2.24. The van der Waals surface area contributed by atoms with Crippen LogP contribution in [0.4, 0.5) is 11.5 Å². The van der Waals surface area contributed by atoms with Gasteiger partial charge >= 0.3 is 0 Å². The summed E-state index contributed by atoms with van der Waals surface area (Å²) >= 11 is 1.75. The van der Waals surface area contributed by atoms with Crippen LogP contribution in [-0.4, -0.2) is 49.9 Å². The minimum atomic E-state index is 1.02. The predicted octanol–water partition coefficient (Wildman–Crippen LogP) is 3.25. The molecule has 1 heterocycles. The molecule has 0 radical (unpaired) electrons. The highest BCUT2D eigenvalue weighted by Gasteiger charge is 2.09. The van der Waals surface area contributed by atoms with Crippen LogP contribution in [0.5, 0.6) is 0 Å². The predicted molar refractivity (Wildman–Crippen MR) is 91.8 cm³/mol. The van der Waals surface area contributed by atoms with E-state index in [9.17, 15) is 0 Å². The van der Waals surface area contributed by atoms with Gasteiger partial charge in [0.15, 0.2) is 5.82 Å². The molecular formula is C15H28N4S. The van der Waals surface area contributed by atoms with Gasteiger partial charge in [-0.05, 0) is 52.0 Å². The van der Waals surface area contributed by atoms with Gasteiger partial charge < -0.3 is 14.5 Å². The van der Waals surface area contributed by atoms with Gasteiger partial charge in [-0.25, -0.2) is 4.98 Å². The lowest BCUT2D eigenvalue weighted by molar-refractivity contribution is 0.401. The monoisotopic (exact) mass is 296 g/mol. The van der Waals surface area contributed by atoms with E-state index in [0.717, 1.165) is 36.8 Å². The maximum Gasteiger partial charge on any atom is 0.152 e. The number of aryl methyl sites for hydroxylation is 1. The maximum absolute atomic E-state index is 4.59. The topological polar surface area (TPSA) is 31.4 Å². The molecule has 1 aromatic rings. The van der Waals surface area contributed by atoms with E-state index in [1.54, 1.807) is 11.9 Å². The van der Waals surface area contributed by atoms with E-state index in [2.05, 4.69) is 60.6 Å². The maximum atomic E-state index is 4.59. The summed E-state index contributed by atoms with van der Waals surface area (Å²) in [6, 6.07) is 2.17. The molecule has 1 aromatic heterocycles. The molecule has 0 fully saturated rings. The summed E-state index contributed by atoms with van der Waals surface area (Å²) < 4.78 is 3.44. The van der Waals surface area contributed by atoms with Gasteiger partial charge in [-0.3, -0.25) is 0 Å². The first-order valence-corrected chi connectivity index (χ1v) is 8.23. The average molecular weight is 296 g/mol. The molecule has 0 saturated carbocycles. The number of hydrogen-bond acceptors (Lipinski definition) is 5. The summed E-state index contributed by atoms with van der Waals surface area (Å²) in [5, 5.41) is 0. The minimum absolute atomic E-state index is 1.02. The fourth-order valence-electron chi connectivity index (χ4n) is 1.90. The Morgan fingerprint density at radius 2 is 2.00 bits per heavy atom. The first kappa shape index (κ1) is 17.1. The van der Waals surface area contributed by atoms with Crippen LogP contribution < -0.4 is 9.62 Å². The number of rotatable bonds is 9. The zero-order valence-electron chi connectivity index (χ0n) is 13.4. The molecule has 0 aliphatic carbocycles. The molecule has 0 atom stereocenters. The van der Waals surface area contributed by atoms with Crippen LogP contribution in [0.3, 0.4) is 0 Å². The van der Waals surface area contributed by atoms with Crippen molar-refractivity contribution < 1.29 is 0 Å². The second kappa shape index (κ2) is 9.08. The summed E-state index contributed by atoms with van der Waals surface area (Å²) in [5.41, 5.74) is 2.31. The standard InChI is InChI=1S/C15H28N4S/c1-6-10-20-17-14-11-13(2)12-16-15(14)19(5)9-7-8-18(3)4/h11-12,17H,6-10H2,1-5H3. The molecule has 0 unspecified atom stereocenters. The van der Waals surface area contributed by atoms with Crippen LogP contribution in [0.25, 0.3) is 0 Å². The molecule has 5 heteroatoms. The molecule has 0 amide bonds. The molecule has 0 aliphatic heterocycles. The molecule has 1 N–H and O–H groups in total. The summed E-state index contributed by atoms with van der Waals surface area (Å²) in [6.45, 7) is 6.39. The van der Waals surface area contributed by atoms with Gasteiger partial charge in [-0.2, -0.15) is 0 Å². The number of aromatic nitrogens is 1. The number of nitrogens with zero attached hydrogens (tertiary/aromatic N) is 3. The molecule has 114 valence electrons. The first-order valence-electron chi connectivity index (χ1n) is 7.25. The van der Waals surface area contributed by atoms with Crippen molar-refractivity contribution in [3.8, 4) is 0 Å². The van der Waals surface area contributed by atoms with Crippen LogP contribution in [0.2, 0.25) is 0 Å². The molecule has 0 aromatic carbocycles. The molecule has 0 bridgehead atoms. The Hall–Kier alpha value is -0.940. The fraction of sp³-hybridized carbons (Fsp3) is 0.667. The van der Waals surface area contributed by atoms with Crippen LogP contribution in [0.15, 0.2) is 12.3 Å². The molecule has 20 heavy (non-hydrogen) atoms. The average Bonchev–Trinajstić information content (AvgIpc) is 2.38. The van der Waals surface area contributed by atoms with Gasteiger partial charge in [0.1, 0.15) is 0 Å². The van der Waals surface area contributed by atoms with Crippen molar-refractivity contribution in [1.82, 2.24) is 9.88 Å². The summed E-state index contributed by atoms with van der Waals surface area (Å²) in [5.74, 6) is 2.15.